The van der Waals surface area contributed by atoms with Crippen LogP contribution in [-0.2, 0) is 9.59 Å². The van der Waals surface area contributed by atoms with Crippen LogP contribution in [0.25, 0.3) is 0 Å². The minimum atomic E-state index is -0.800. The molecule has 6 nitrogen and oxygen atoms in total. The maximum atomic E-state index is 11.5. The van der Waals surface area contributed by atoms with E-state index in [2.05, 4.69) is 15.8 Å². The second-order valence-corrected chi connectivity index (χ2v) is 5.25. The smallest absolute Gasteiger partial charge is 0.329 e. The Morgan fingerprint density at radius 1 is 1.26 bits per heavy atom. The fraction of sp³-hybridized carbons (Fsp3) is 0.438. The molecular formula is C16H22ClN3O3. The summed E-state index contributed by atoms with van der Waals surface area (Å²) in [5.74, 6) is -0.895. The standard InChI is InChI=1S/C16H22ClN3O3/c1-3-5-8-18-15(21)16(22)20-19-11-12-6-7-14(13(17)10-12)23-9-4-2/h6-7,10-11H,3-5,8-9H2,1-2H3,(H,18,21)(H,20,22)/b19-11-. The third kappa shape index (κ3) is 7.15. The van der Waals surface area contributed by atoms with Crippen molar-refractivity contribution in [1.29, 1.82) is 0 Å². The van der Waals surface area contributed by atoms with Crippen molar-refractivity contribution in [2.24, 2.45) is 5.10 Å². The number of carbonyl (C=O) groups is 2. The van der Waals surface area contributed by atoms with Crippen LogP contribution >= 0.6 is 11.6 Å². The Balaban J connectivity index is 2.49. The molecule has 0 spiro atoms. The SMILES string of the molecule is CCCCNC(=O)C(=O)N/N=C\c1ccc(OCCC)c(Cl)c1. The maximum Gasteiger partial charge on any atom is 0.329 e. The lowest BCUT2D eigenvalue weighted by Crippen LogP contribution is -2.38. The highest BCUT2D eigenvalue weighted by Gasteiger charge is 2.11. The Hall–Kier alpha value is -2.08. The number of nitrogens with one attached hydrogen (secondary N) is 2. The van der Waals surface area contributed by atoms with Gasteiger partial charge in [0, 0.05) is 6.54 Å². The highest BCUT2D eigenvalue weighted by atomic mass is 35.5. The van der Waals surface area contributed by atoms with E-state index in [0.717, 1.165) is 19.3 Å². The summed E-state index contributed by atoms with van der Waals surface area (Å²) in [6.07, 6.45) is 4.07. The van der Waals surface area contributed by atoms with Crippen molar-refractivity contribution in [3.05, 3.63) is 28.8 Å². The highest BCUT2D eigenvalue weighted by molar-refractivity contribution is 6.35. The van der Waals surface area contributed by atoms with Crippen LogP contribution in [0.2, 0.25) is 5.02 Å². The van der Waals surface area contributed by atoms with Crippen LogP contribution in [0.3, 0.4) is 0 Å². The van der Waals surface area contributed by atoms with E-state index >= 15 is 0 Å². The highest BCUT2D eigenvalue weighted by Crippen LogP contribution is 2.24. The Labute approximate surface area is 141 Å². The van der Waals surface area contributed by atoms with E-state index in [4.69, 9.17) is 16.3 Å². The first-order chi connectivity index (χ1) is 11.1. The summed E-state index contributed by atoms with van der Waals surface area (Å²) < 4.78 is 5.46. The van der Waals surface area contributed by atoms with Crippen molar-refractivity contribution in [3.8, 4) is 5.75 Å². The van der Waals surface area contributed by atoms with Crippen LogP contribution < -0.4 is 15.5 Å². The molecule has 0 heterocycles. The lowest BCUT2D eigenvalue weighted by molar-refractivity contribution is -0.139. The maximum absolute atomic E-state index is 11.5. The number of halogens is 1. The third-order valence-electron chi connectivity index (χ3n) is 2.82. The number of unbranched alkanes of at least 4 members (excludes halogenated alkanes) is 1. The quantitative estimate of drug-likeness (QED) is 0.330. The molecule has 1 aromatic carbocycles. The summed E-state index contributed by atoms with van der Waals surface area (Å²) in [6.45, 7) is 5.08. The van der Waals surface area contributed by atoms with Gasteiger partial charge in [-0.1, -0.05) is 31.9 Å². The van der Waals surface area contributed by atoms with Gasteiger partial charge >= 0.3 is 11.8 Å². The molecule has 0 saturated heterocycles. The summed E-state index contributed by atoms with van der Waals surface area (Å²) >= 11 is 6.09. The molecule has 0 aliphatic rings. The van der Waals surface area contributed by atoms with Crippen LogP contribution in [0.5, 0.6) is 5.75 Å². The van der Waals surface area contributed by atoms with Gasteiger partial charge in [0.25, 0.3) is 0 Å². The number of amides is 2. The normalized spacial score (nSPS) is 10.6. The Morgan fingerprint density at radius 2 is 2.04 bits per heavy atom. The van der Waals surface area contributed by atoms with E-state index in [1.165, 1.54) is 6.21 Å². The molecule has 0 unspecified atom stereocenters. The molecule has 2 amide bonds. The molecule has 0 radical (unpaired) electrons. The van der Waals surface area contributed by atoms with Gasteiger partial charge in [0.2, 0.25) is 0 Å². The molecular weight excluding hydrogens is 318 g/mol. The van der Waals surface area contributed by atoms with E-state index in [0.29, 0.717) is 29.5 Å². The number of benzene rings is 1. The van der Waals surface area contributed by atoms with Gasteiger partial charge in [0.05, 0.1) is 17.8 Å². The first kappa shape index (κ1) is 19.0. The molecule has 7 heteroatoms. The molecule has 0 aromatic heterocycles. The van der Waals surface area contributed by atoms with Crippen molar-refractivity contribution in [2.45, 2.75) is 33.1 Å². The second kappa shape index (κ2) is 10.6. The Kier molecular flexibility index (Phi) is 8.75. The zero-order valence-corrected chi connectivity index (χ0v) is 14.2. The monoisotopic (exact) mass is 339 g/mol. The number of ether oxygens (including phenoxy) is 1. The summed E-state index contributed by atoms with van der Waals surface area (Å²) in [6, 6.07) is 5.16. The van der Waals surface area contributed by atoms with Crippen molar-refractivity contribution in [2.75, 3.05) is 13.2 Å². The van der Waals surface area contributed by atoms with E-state index in [1.54, 1.807) is 18.2 Å². The summed E-state index contributed by atoms with van der Waals surface area (Å²) in [5, 5.41) is 6.71. The molecule has 1 rings (SSSR count). The third-order valence-corrected chi connectivity index (χ3v) is 3.11. The van der Waals surface area contributed by atoms with Crippen LogP contribution in [0.1, 0.15) is 38.7 Å². The summed E-state index contributed by atoms with van der Waals surface area (Å²) in [5.41, 5.74) is 2.86. The van der Waals surface area contributed by atoms with Crippen LogP contribution in [0.15, 0.2) is 23.3 Å². The molecule has 0 aliphatic carbocycles. The number of hydrazone groups is 1. The number of nitrogens with zero attached hydrogens (tertiary/aromatic N) is 1. The Bertz CT molecular complexity index is 562. The fourth-order valence-electron chi connectivity index (χ4n) is 1.60. The molecule has 1 aromatic rings. The van der Waals surface area contributed by atoms with Crippen LogP contribution in [-0.4, -0.2) is 31.2 Å². The van der Waals surface area contributed by atoms with Crippen molar-refractivity contribution < 1.29 is 14.3 Å². The van der Waals surface area contributed by atoms with Gasteiger partial charge in [-0.2, -0.15) is 5.10 Å². The van der Waals surface area contributed by atoms with Crippen LogP contribution in [0, 0.1) is 0 Å². The number of rotatable bonds is 8. The lowest BCUT2D eigenvalue weighted by Gasteiger charge is -2.06. The van der Waals surface area contributed by atoms with Gasteiger partial charge in [0.1, 0.15) is 5.75 Å². The second-order valence-electron chi connectivity index (χ2n) is 4.85. The number of hydrogen-bond acceptors (Lipinski definition) is 4. The first-order valence-corrected chi connectivity index (χ1v) is 7.99. The number of hydrogen-bond donors (Lipinski definition) is 2. The predicted octanol–water partition coefficient (Wildman–Crippen LogP) is 2.50. The fourth-order valence-corrected chi connectivity index (χ4v) is 1.85. The molecule has 0 fully saturated rings. The zero-order valence-electron chi connectivity index (χ0n) is 13.4. The molecule has 0 saturated carbocycles. The average molecular weight is 340 g/mol. The van der Waals surface area contributed by atoms with Gasteiger partial charge in [-0.25, -0.2) is 5.43 Å². The van der Waals surface area contributed by atoms with E-state index in [-0.39, 0.29) is 0 Å². The Morgan fingerprint density at radius 3 is 2.70 bits per heavy atom. The van der Waals surface area contributed by atoms with E-state index in [9.17, 15) is 9.59 Å². The van der Waals surface area contributed by atoms with Crippen molar-refractivity contribution in [3.63, 3.8) is 0 Å². The minimum absolute atomic E-state index is 0.464. The lowest BCUT2D eigenvalue weighted by atomic mass is 10.2. The van der Waals surface area contributed by atoms with Crippen molar-refractivity contribution >= 4 is 29.6 Å². The minimum Gasteiger partial charge on any atom is -0.492 e. The van der Waals surface area contributed by atoms with Gasteiger partial charge in [0.15, 0.2) is 0 Å². The molecule has 126 valence electrons. The molecule has 2 N–H and O–H groups in total. The van der Waals surface area contributed by atoms with Gasteiger partial charge in [-0.15, -0.1) is 0 Å². The average Bonchev–Trinajstić information content (AvgIpc) is 2.54. The largest absolute Gasteiger partial charge is 0.492 e. The number of carbonyl (C=O) groups excluding carboxylic acids is 2. The van der Waals surface area contributed by atoms with Crippen molar-refractivity contribution in [1.82, 2.24) is 10.7 Å². The topological polar surface area (TPSA) is 79.8 Å². The van der Waals surface area contributed by atoms with E-state index < -0.39 is 11.8 Å². The van der Waals surface area contributed by atoms with Crippen LogP contribution in [0.4, 0.5) is 0 Å². The van der Waals surface area contributed by atoms with Gasteiger partial charge in [-0.05, 0) is 36.6 Å². The molecule has 0 aliphatic heterocycles. The van der Waals surface area contributed by atoms with E-state index in [1.807, 2.05) is 13.8 Å². The summed E-state index contributed by atoms with van der Waals surface area (Å²) in [4.78, 5) is 22.9. The molecule has 0 atom stereocenters. The molecule has 0 bridgehead atoms. The predicted molar refractivity (Wildman–Crippen MR) is 90.9 cm³/mol. The van der Waals surface area contributed by atoms with Gasteiger partial charge < -0.3 is 10.1 Å². The first-order valence-electron chi connectivity index (χ1n) is 7.62. The summed E-state index contributed by atoms with van der Waals surface area (Å²) in [7, 11) is 0. The van der Waals surface area contributed by atoms with Gasteiger partial charge in [-0.3, -0.25) is 9.59 Å². The molecule has 23 heavy (non-hydrogen) atoms. The zero-order chi connectivity index (χ0) is 17.1.